The van der Waals surface area contributed by atoms with Crippen molar-refractivity contribution in [1.82, 2.24) is 9.55 Å². The number of imidazole rings is 1. The van der Waals surface area contributed by atoms with Crippen LogP contribution in [-0.4, -0.2) is 20.6 Å². The lowest BCUT2D eigenvalue weighted by atomic mass is 10.2. The highest BCUT2D eigenvalue weighted by molar-refractivity contribution is 7.07. The Labute approximate surface area is 134 Å². The van der Waals surface area contributed by atoms with E-state index in [-0.39, 0.29) is 6.54 Å². The van der Waals surface area contributed by atoms with Crippen LogP contribution in [0.25, 0.3) is 11.0 Å². The van der Waals surface area contributed by atoms with Crippen LogP contribution in [0.15, 0.2) is 29.0 Å². The van der Waals surface area contributed by atoms with Gasteiger partial charge in [-0.3, -0.25) is 4.79 Å². The zero-order chi connectivity index (χ0) is 15.0. The molecule has 0 fully saturated rings. The third-order valence-electron chi connectivity index (χ3n) is 3.11. The smallest absolute Gasteiger partial charge is 0.323 e. The Balaban J connectivity index is 2.15. The number of carboxylic acid groups (broad SMARTS) is 1. The van der Waals surface area contributed by atoms with Gasteiger partial charge in [0.2, 0.25) is 0 Å². The lowest BCUT2D eigenvalue weighted by molar-refractivity contribution is -0.137. The maximum atomic E-state index is 11.1. The van der Waals surface area contributed by atoms with Crippen molar-refractivity contribution >= 4 is 51.5 Å². The molecular weight excluding hydrogens is 331 g/mol. The summed E-state index contributed by atoms with van der Waals surface area (Å²) in [5, 5.41) is 13.9. The molecule has 0 spiro atoms. The van der Waals surface area contributed by atoms with Gasteiger partial charge >= 0.3 is 5.97 Å². The Kier molecular flexibility index (Phi) is 3.89. The number of aromatic nitrogens is 2. The number of halogens is 2. The molecule has 0 aliphatic carbocycles. The van der Waals surface area contributed by atoms with E-state index in [1.165, 1.54) is 0 Å². The number of hydrogen-bond donors (Lipinski definition) is 1. The fourth-order valence-corrected chi connectivity index (χ4v) is 3.18. The van der Waals surface area contributed by atoms with E-state index >= 15 is 0 Å². The van der Waals surface area contributed by atoms with Gasteiger partial charge in [-0.2, -0.15) is 11.3 Å². The Hall–Kier alpha value is -1.56. The van der Waals surface area contributed by atoms with Gasteiger partial charge < -0.3 is 9.67 Å². The molecule has 0 aliphatic rings. The van der Waals surface area contributed by atoms with Crippen molar-refractivity contribution in [2.45, 2.75) is 13.0 Å². The topological polar surface area (TPSA) is 55.1 Å². The van der Waals surface area contributed by atoms with Crippen LogP contribution in [0.1, 0.15) is 11.4 Å². The van der Waals surface area contributed by atoms with Crippen molar-refractivity contribution in [1.29, 1.82) is 0 Å². The summed E-state index contributed by atoms with van der Waals surface area (Å²) in [6.45, 7) is -0.159. The van der Waals surface area contributed by atoms with Gasteiger partial charge in [0.25, 0.3) is 0 Å². The fraction of sp³-hybridized carbons (Fsp3) is 0.143. The number of aliphatic carboxylic acids is 1. The fourth-order valence-electron chi connectivity index (χ4n) is 2.19. The molecule has 7 heteroatoms. The quantitative estimate of drug-likeness (QED) is 0.778. The van der Waals surface area contributed by atoms with E-state index in [1.54, 1.807) is 28.0 Å². The lowest BCUT2D eigenvalue weighted by Crippen LogP contribution is -2.12. The SMILES string of the molecule is O=C(O)Cn1c(Cc2ccsc2)nc2cc(Cl)c(Cl)cc21. The molecule has 1 aromatic carbocycles. The minimum atomic E-state index is -0.924. The van der Waals surface area contributed by atoms with Gasteiger partial charge in [0, 0.05) is 6.42 Å². The van der Waals surface area contributed by atoms with Crippen LogP contribution < -0.4 is 0 Å². The van der Waals surface area contributed by atoms with Gasteiger partial charge in [-0.15, -0.1) is 0 Å². The van der Waals surface area contributed by atoms with Crippen LogP contribution >= 0.6 is 34.5 Å². The van der Waals surface area contributed by atoms with Crippen LogP contribution in [0.5, 0.6) is 0 Å². The van der Waals surface area contributed by atoms with Crippen LogP contribution in [0.3, 0.4) is 0 Å². The summed E-state index contributed by atoms with van der Waals surface area (Å²) in [6.07, 6.45) is 0.570. The molecule has 0 bridgehead atoms. The average molecular weight is 341 g/mol. The molecule has 3 rings (SSSR count). The second-order valence-electron chi connectivity index (χ2n) is 4.57. The second kappa shape index (κ2) is 5.67. The molecule has 3 aromatic rings. The Morgan fingerprint density at radius 2 is 2.10 bits per heavy atom. The number of hydrogen-bond acceptors (Lipinski definition) is 3. The largest absolute Gasteiger partial charge is 0.480 e. The first-order chi connectivity index (χ1) is 10.0. The molecule has 1 N–H and O–H groups in total. The van der Waals surface area contributed by atoms with E-state index in [1.807, 2.05) is 16.8 Å². The zero-order valence-electron chi connectivity index (χ0n) is 10.7. The number of rotatable bonds is 4. The number of carboxylic acids is 1. The van der Waals surface area contributed by atoms with Gasteiger partial charge in [-0.05, 0) is 34.5 Å². The van der Waals surface area contributed by atoms with E-state index in [0.29, 0.717) is 33.3 Å². The first kappa shape index (κ1) is 14.4. The van der Waals surface area contributed by atoms with Gasteiger partial charge in [0.15, 0.2) is 0 Å². The van der Waals surface area contributed by atoms with Crippen molar-refractivity contribution in [3.63, 3.8) is 0 Å². The summed E-state index contributed by atoms with van der Waals surface area (Å²) in [5.41, 5.74) is 2.42. The standard InChI is InChI=1S/C14H10Cl2N2O2S/c15-9-4-11-12(5-10(9)16)18(6-14(19)20)13(17-11)3-8-1-2-21-7-8/h1-2,4-5,7H,3,6H2,(H,19,20). The van der Waals surface area contributed by atoms with Crippen molar-refractivity contribution < 1.29 is 9.90 Å². The van der Waals surface area contributed by atoms with Crippen molar-refractivity contribution in [2.75, 3.05) is 0 Å². The van der Waals surface area contributed by atoms with Crippen LogP contribution in [0, 0.1) is 0 Å². The number of nitrogens with zero attached hydrogens (tertiary/aromatic N) is 2. The predicted octanol–water partition coefficient (Wildman–Crippen LogP) is 4.08. The van der Waals surface area contributed by atoms with Gasteiger partial charge in [-0.25, -0.2) is 4.98 Å². The summed E-state index contributed by atoms with van der Waals surface area (Å²) in [7, 11) is 0. The normalized spacial score (nSPS) is 11.1. The molecule has 0 saturated carbocycles. The monoisotopic (exact) mass is 340 g/mol. The highest BCUT2D eigenvalue weighted by Gasteiger charge is 2.15. The molecule has 0 aliphatic heterocycles. The van der Waals surface area contributed by atoms with E-state index in [9.17, 15) is 4.79 Å². The summed E-state index contributed by atoms with van der Waals surface area (Å²) in [6, 6.07) is 5.32. The molecule has 2 aromatic heterocycles. The number of thiophene rings is 1. The molecule has 0 saturated heterocycles. The third kappa shape index (κ3) is 2.90. The molecule has 0 amide bonds. The van der Waals surface area contributed by atoms with Gasteiger partial charge in [-0.1, -0.05) is 23.2 Å². The first-order valence-corrected chi connectivity index (χ1v) is 7.81. The average Bonchev–Trinajstić information content (AvgIpc) is 3.01. The molecule has 2 heterocycles. The minimum Gasteiger partial charge on any atom is -0.480 e. The first-order valence-electron chi connectivity index (χ1n) is 6.11. The Morgan fingerprint density at radius 3 is 2.76 bits per heavy atom. The maximum Gasteiger partial charge on any atom is 0.323 e. The highest BCUT2D eigenvalue weighted by atomic mass is 35.5. The van der Waals surface area contributed by atoms with Crippen LogP contribution in [-0.2, 0) is 17.8 Å². The maximum absolute atomic E-state index is 11.1. The molecule has 108 valence electrons. The summed E-state index contributed by atoms with van der Waals surface area (Å²) in [5.74, 6) is -0.240. The van der Waals surface area contributed by atoms with E-state index in [0.717, 1.165) is 5.56 Å². The van der Waals surface area contributed by atoms with Crippen LogP contribution in [0.2, 0.25) is 10.0 Å². The van der Waals surface area contributed by atoms with Gasteiger partial charge in [0.1, 0.15) is 12.4 Å². The molecule has 0 radical (unpaired) electrons. The van der Waals surface area contributed by atoms with Crippen LogP contribution in [0.4, 0.5) is 0 Å². The molecule has 0 atom stereocenters. The van der Waals surface area contributed by atoms with E-state index in [2.05, 4.69) is 4.98 Å². The number of benzene rings is 1. The molecule has 0 unspecified atom stereocenters. The number of fused-ring (bicyclic) bond motifs is 1. The lowest BCUT2D eigenvalue weighted by Gasteiger charge is -2.06. The summed E-state index contributed by atoms with van der Waals surface area (Å²) >= 11 is 13.6. The third-order valence-corrected chi connectivity index (χ3v) is 4.56. The summed E-state index contributed by atoms with van der Waals surface area (Å²) < 4.78 is 1.66. The molecule has 21 heavy (non-hydrogen) atoms. The van der Waals surface area contributed by atoms with Gasteiger partial charge in [0.05, 0.1) is 21.1 Å². The summed E-state index contributed by atoms with van der Waals surface area (Å²) in [4.78, 5) is 15.6. The predicted molar refractivity (Wildman–Crippen MR) is 84.5 cm³/mol. The van der Waals surface area contributed by atoms with Crippen molar-refractivity contribution in [3.8, 4) is 0 Å². The highest BCUT2D eigenvalue weighted by Crippen LogP contribution is 2.29. The van der Waals surface area contributed by atoms with Crippen molar-refractivity contribution in [2.24, 2.45) is 0 Å². The van der Waals surface area contributed by atoms with E-state index < -0.39 is 5.97 Å². The molecule has 4 nitrogen and oxygen atoms in total. The number of carbonyl (C=O) groups is 1. The minimum absolute atomic E-state index is 0.159. The van der Waals surface area contributed by atoms with Crippen molar-refractivity contribution in [3.05, 3.63) is 50.4 Å². The van der Waals surface area contributed by atoms with E-state index in [4.69, 9.17) is 28.3 Å². The zero-order valence-corrected chi connectivity index (χ0v) is 13.0. The Bertz CT molecular complexity index is 812. The Morgan fingerprint density at radius 1 is 1.33 bits per heavy atom. The molecular formula is C14H10Cl2N2O2S. The second-order valence-corrected chi connectivity index (χ2v) is 6.17.